The summed E-state index contributed by atoms with van der Waals surface area (Å²) in [4.78, 5) is 36.3. The van der Waals surface area contributed by atoms with Crippen LogP contribution in [-0.4, -0.2) is 31.6 Å². The average molecular weight is 382 g/mol. The van der Waals surface area contributed by atoms with Crippen LogP contribution in [0.5, 0.6) is 5.75 Å². The Balaban J connectivity index is 2.10. The molecule has 0 aliphatic rings. The number of carbonyl (C=O) groups is 3. The topological polar surface area (TPSA) is 93.7 Å². The second-order valence-electron chi connectivity index (χ2n) is 5.68. The summed E-state index contributed by atoms with van der Waals surface area (Å²) in [5.74, 6) is -0.745. The highest BCUT2D eigenvalue weighted by atomic mass is 16.5. The van der Waals surface area contributed by atoms with Gasteiger partial charge in [0, 0.05) is 18.2 Å². The number of amides is 3. The Morgan fingerprint density at radius 1 is 1.04 bits per heavy atom. The minimum Gasteiger partial charge on any atom is -0.497 e. The molecule has 0 fully saturated rings. The van der Waals surface area contributed by atoms with Crippen molar-refractivity contribution in [2.24, 2.45) is 0 Å². The Morgan fingerprint density at radius 3 is 2.32 bits per heavy atom. The van der Waals surface area contributed by atoms with Crippen LogP contribution < -0.4 is 15.4 Å². The van der Waals surface area contributed by atoms with E-state index in [-0.39, 0.29) is 0 Å². The number of hydrogen-bond acceptors (Lipinski definition) is 5. The van der Waals surface area contributed by atoms with Gasteiger partial charge in [0.15, 0.2) is 0 Å². The van der Waals surface area contributed by atoms with Crippen molar-refractivity contribution >= 4 is 24.0 Å². The van der Waals surface area contributed by atoms with Crippen LogP contribution in [0.25, 0.3) is 6.08 Å². The molecule has 0 aliphatic carbocycles. The number of nitrogens with one attached hydrogen (secondary N) is 2. The molecule has 1 atom stereocenters. The van der Waals surface area contributed by atoms with Crippen molar-refractivity contribution in [1.29, 1.82) is 0 Å². The van der Waals surface area contributed by atoms with Crippen LogP contribution in [0.2, 0.25) is 0 Å². The van der Waals surface area contributed by atoms with Gasteiger partial charge >= 0.3 is 12.0 Å². The summed E-state index contributed by atoms with van der Waals surface area (Å²) in [7, 11) is 1.57. The Morgan fingerprint density at radius 2 is 1.71 bits per heavy atom. The lowest BCUT2D eigenvalue weighted by atomic mass is 10.1. The van der Waals surface area contributed by atoms with Gasteiger partial charge in [0.25, 0.3) is 5.91 Å². The fourth-order valence-corrected chi connectivity index (χ4v) is 2.32. The first-order chi connectivity index (χ1) is 13.5. The predicted octanol–water partition coefficient (Wildman–Crippen LogP) is 2.84. The molecule has 0 aromatic heterocycles. The number of imide groups is 1. The van der Waals surface area contributed by atoms with Gasteiger partial charge in [-0.05, 0) is 30.7 Å². The molecule has 2 rings (SSSR count). The predicted molar refractivity (Wildman–Crippen MR) is 105 cm³/mol. The highest BCUT2D eigenvalue weighted by Gasteiger charge is 2.25. The van der Waals surface area contributed by atoms with E-state index in [1.54, 1.807) is 74.7 Å². The molecule has 0 bridgehead atoms. The van der Waals surface area contributed by atoms with Crippen LogP contribution >= 0.6 is 0 Å². The first-order valence-corrected chi connectivity index (χ1v) is 8.70. The molecule has 28 heavy (non-hydrogen) atoms. The molecule has 7 heteroatoms. The largest absolute Gasteiger partial charge is 0.497 e. The van der Waals surface area contributed by atoms with E-state index >= 15 is 0 Å². The lowest BCUT2D eigenvalue weighted by Crippen LogP contribution is -2.42. The molecule has 0 aliphatic heterocycles. The van der Waals surface area contributed by atoms with Gasteiger partial charge in [-0.2, -0.15) is 0 Å². The number of benzene rings is 2. The number of esters is 1. The monoisotopic (exact) mass is 382 g/mol. The Kier molecular flexibility index (Phi) is 7.77. The van der Waals surface area contributed by atoms with Gasteiger partial charge in [-0.3, -0.25) is 10.1 Å². The third-order valence-corrected chi connectivity index (χ3v) is 3.68. The summed E-state index contributed by atoms with van der Waals surface area (Å²) in [6.45, 7) is 2.09. The lowest BCUT2D eigenvalue weighted by Gasteiger charge is -2.16. The van der Waals surface area contributed by atoms with Crippen molar-refractivity contribution in [2.45, 2.75) is 13.0 Å². The fraction of sp³-hybridized carbons (Fsp3) is 0.190. The van der Waals surface area contributed by atoms with E-state index in [0.29, 0.717) is 17.9 Å². The molecule has 146 valence electrons. The maximum Gasteiger partial charge on any atom is 0.331 e. The first kappa shape index (κ1) is 20.7. The highest BCUT2D eigenvalue weighted by molar-refractivity contribution is 5.98. The molecule has 7 nitrogen and oxygen atoms in total. The van der Waals surface area contributed by atoms with Crippen molar-refractivity contribution < 1.29 is 23.9 Å². The van der Waals surface area contributed by atoms with Crippen LogP contribution in [-0.2, 0) is 14.3 Å². The molecule has 2 N–H and O–H groups in total. The second-order valence-corrected chi connectivity index (χ2v) is 5.68. The number of methoxy groups -OCH3 is 1. The summed E-state index contributed by atoms with van der Waals surface area (Å²) in [5.41, 5.74) is 1.22. The van der Waals surface area contributed by atoms with Crippen molar-refractivity contribution in [2.75, 3.05) is 13.7 Å². The van der Waals surface area contributed by atoms with Crippen LogP contribution in [0.1, 0.15) is 24.2 Å². The quantitative estimate of drug-likeness (QED) is 0.567. The minimum absolute atomic E-state index is 0.361. The highest BCUT2D eigenvalue weighted by Crippen LogP contribution is 2.18. The number of hydrogen-bond donors (Lipinski definition) is 2. The molecule has 0 unspecified atom stereocenters. The Hall–Kier alpha value is -3.61. The molecule has 2 aromatic carbocycles. The van der Waals surface area contributed by atoms with Gasteiger partial charge < -0.3 is 14.8 Å². The lowest BCUT2D eigenvalue weighted by molar-refractivity contribution is -0.151. The van der Waals surface area contributed by atoms with Crippen molar-refractivity contribution in [3.8, 4) is 5.75 Å². The fourth-order valence-electron chi connectivity index (χ4n) is 2.32. The Labute approximate surface area is 163 Å². The van der Waals surface area contributed by atoms with Gasteiger partial charge in [-0.1, -0.05) is 42.5 Å². The SMILES string of the molecule is CCNC(=O)NC(=O)[C@H](OC(=O)/C=C/c1ccc(OC)cc1)c1ccccc1. The molecule has 0 heterocycles. The Bertz CT molecular complexity index is 832. The normalized spacial score (nSPS) is 11.5. The zero-order valence-corrected chi connectivity index (χ0v) is 15.7. The zero-order chi connectivity index (χ0) is 20.4. The third-order valence-electron chi connectivity index (χ3n) is 3.68. The minimum atomic E-state index is -1.25. The van der Waals surface area contributed by atoms with E-state index in [0.717, 1.165) is 5.56 Å². The van der Waals surface area contributed by atoms with Crippen molar-refractivity contribution in [3.63, 3.8) is 0 Å². The number of ether oxygens (including phenoxy) is 2. The summed E-state index contributed by atoms with van der Waals surface area (Å²) >= 11 is 0. The van der Waals surface area contributed by atoms with Crippen LogP contribution in [0.4, 0.5) is 4.79 Å². The average Bonchev–Trinajstić information content (AvgIpc) is 2.71. The summed E-state index contributed by atoms with van der Waals surface area (Å²) in [6.07, 6.45) is 1.53. The molecular weight excluding hydrogens is 360 g/mol. The maximum atomic E-state index is 12.4. The van der Waals surface area contributed by atoms with Crippen molar-refractivity contribution in [3.05, 3.63) is 71.8 Å². The van der Waals surface area contributed by atoms with Crippen LogP contribution in [0.15, 0.2) is 60.7 Å². The van der Waals surface area contributed by atoms with Crippen molar-refractivity contribution in [1.82, 2.24) is 10.6 Å². The van der Waals surface area contributed by atoms with E-state index < -0.39 is 24.0 Å². The molecule has 0 spiro atoms. The van der Waals surface area contributed by atoms with E-state index in [4.69, 9.17) is 9.47 Å². The molecular formula is C21H22N2O5. The zero-order valence-electron chi connectivity index (χ0n) is 15.7. The van der Waals surface area contributed by atoms with Crippen LogP contribution in [0.3, 0.4) is 0 Å². The summed E-state index contributed by atoms with van der Waals surface area (Å²) in [6, 6.07) is 14.9. The summed E-state index contributed by atoms with van der Waals surface area (Å²) < 4.78 is 10.4. The second kappa shape index (κ2) is 10.5. The van der Waals surface area contributed by atoms with Gasteiger partial charge in [0.2, 0.25) is 6.10 Å². The number of rotatable bonds is 7. The van der Waals surface area contributed by atoms with E-state index in [1.807, 2.05) is 0 Å². The molecule has 0 saturated carbocycles. The van der Waals surface area contributed by atoms with Gasteiger partial charge in [-0.15, -0.1) is 0 Å². The maximum absolute atomic E-state index is 12.4. The van der Waals surface area contributed by atoms with Gasteiger partial charge in [0.1, 0.15) is 5.75 Å². The third kappa shape index (κ3) is 6.28. The van der Waals surface area contributed by atoms with Gasteiger partial charge in [-0.25, -0.2) is 9.59 Å². The number of carbonyl (C=O) groups excluding carboxylic acids is 3. The summed E-state index contributed by atoms with van der Waals surface area (Å²) in [5, 5.41) is 4.62. The first-order valence-electron chi connectivity index (χ1n) is 8.70. The molecule has 2 aromatic rings. The molecule has 0 radical (unpaired) electrons. The van der Waals surface area contributed by atoms with E-state index in [9.17, 15) is 14.4 Å². The van der Waals surface area contributed by atoms with E-state index in [2.05, 4.69) is 10.6 Å². The molecule has 0 saturated heterocycles. The molecule has 3 amide bonds. The van der Waals surface area contributed by atoms with E-state index in [1.165, 1.54) is 6.08 Å². The van der Waals surface area contributed by atoms with Gasteiger partial charge in [0.05, 0.1) is 7.11 Å². The standard InChI is InChI=1S/C21H22N2O5/c1-3-22-21(26)23-20(25)19(16-7-5-4-6-8-16)28-18(24)14-11-15-9-12-17(27-2)13-10-15/h4-14,19H,3H2,1-2H3,(H2,22,23,25,26)/b14-11+/t19-/m1/s1. The smallest absolute Gasteiger partial charge is 0.331 e. The number of urea groups is 1. The van der Waals surface area contributed by atoms with Crippen LogP contribution in [0, 0.1) is 0 Å².